The first-order valence-electron chi connectivity index (χ1n) is 15.1. The molecule has 0 saturated carbocycles. The summed E-state index contributed by atoms with van der Waals surface area (Å²) >= 11 is 0. The third kappa shape index (κ3) is 8.87. The topological polar surface area (TPSA) is 126 Å². The fourth-order valence-electron chi connectivity index (χ4n) is 5.10. The van der Waals surface area contributed by atoms with Gasteiger partial charge in [-0.15, -0.1) is 0 Å². The van der Waals surface area contributed by atoms with E-state index in [9.17, 15) is 19.2 Å². The van der Waals surface area contributed by atoms with Crippen LogP contribution in [0.3, 0.4) is 0 Å². The lowest BCUT2D eigenvalue weighted by molar-refractivity contribution is -0.179. The van der Waals surface area contributed by atoms with Crippen molar-refractivity contribution in [3.05, 3.63) is 89.5 Å². The zero-order chi connectivity index (χ0) is 33.6. The molecule has 10 nitrogen and oxygen atoms in total. The number of esters is 3. The molecule has 0 aliphatic heterocycles. The van der Waals surface area contributed by atoms with Gasteiger partial charge in [-0.05, 0) is 81.5 Å². The van der Waals surface area contributed by atoms with E-state index < -0.39 is 47.3 Å². The molecule has 3 aromatic carbocycles. The quantitative estimate of drug-likeness (QED) is 0.169. The lowest BCUT2D eigenvalue weighted by Crippen LogP contribution is -2.44. The minimum Gasteiger partial charge on any atom is -0.467 e. The van der Waals surface area contributed by atoms with Gasteiger partial charge in [0.25, 0.3) is 6.10 Å². The number of amides is 1. The summed E-state index contributed by atoms with van der Waals surface area (Å²) < 4.78 is 27.0. The van der Waals surface area contributed by atoms with E-state index in [0.29, 0.717) is 5.56 Å². The van der Waals surface area contributed by atoms with Crippen LogP contribution in [-0.4, -0.2) is 61.1 Å². The van der Waals surface area contributed by atoms with Crippen molar-refractivity contribution in [3.8, 4) is 16.9 Å². The summed E-state index contributed by atoms with van der Waals surface area (Å²) in [5.74, 6) is -2.35. The van der Waals surface area contributed by atoms with Crippen LogP contribution in [0.25, 0.3) is 11.1 Å². The summed E-state index contributed by atoms with van der Waals surface area (Å²) in [6.07, 6.45) is -2.32. The Kier molecular flexibility index (Phi) is 10.4. The van der Waals surface area contributed by atoms with Crippen LogP contribution in [0.1, 0.15) is 64.2 Å². The van der Waals surface area contributed by atoms with Gasteiger partial charge in [-0.25, -0.2) is 19.2 Å². The van der Waals surface area contributed by atoms with Crippen LogP contribution >= 0.6 is 0 Å². The van der Waals surface area contributed by atoms with Crippen molar-refractivity contribution in [2.24, 2.45) is 0 Å². The molecular weight excluding hydrogens is 590 g/mol. The molecule has 0 bridgehead atoms. The lowest BCUT2D eigenvalue weighted by Gasteiger charge is -2.26. The number of carbonyl (C=O) groups excluding carboxylic acids is 4. The van der Waals surface area contributed by atoms with Gasteiger partial charge in [-0.1, -0.05) is 60.7 Å². The minimum atomic E-state index is -1.65. The summed E-state index contributed by atoms with van der Waals surface area (Å²) in [7, 11) is 1.24. The van der Waals surface area contributed by atoms with Crippen LogP contribution in [-0.2, 0) is 39.8 Å². The van der Waals surface area contributed by atoms with Crippen molar-refractivity contribution in [1.82, 2.24) is 5.32 Å². The second-order valence-electron chi connectivity index (χ2n) is 13.0. The number of nitrogens with one attached hydrogen (secondary N) is 1. The molecule has 0 heterocycles. The summed E-state index contributed by atoms with van der Waals surface area (Å²) in [6, 6.07) is 21.3. The van der Waals surface area contributed by atoms with Gasteiger partial charge < -0.3 is 29.0 Å². The molecule has 3 aromatic rings. The molecule has 0 spiro atoms. The maximum atomic E-state index is 12.9. The number of hydrogen-bond donors (Lipinski definition) is 1. The first-order valence-corrected chi connectivity index (χ1v) is 15.1. The van der Waals surface area contributed by atoms with E-state index in [1.165, 1.54) is 7.11 Å². The predicted octanol–water partition coefficient (Wildman–Crippen LogP) is 5.74. The van der Waals surface area contributed by atoms with E-state index in [4.69, 9.17) is 23.7 Å². The van der Waals surface area contributed by atoms with E-state index in [2.05, 4.69) is 5.32 Å². The fourth-order valence-corrected chi connectivity index (χ4v) is 5.10. The Bertz CT molecular complexity index is 1490. The number of rotatable bonds is 10. The first-order chi connectivity index (χ1) is 21.6. The van der Waals surface area contributed by atoms with Gasteiger partial charge in [-0.2, -0.15) is 0 Å². The molecule has 0 radical (unpaired) electrons. The van der Waals surface area contributed by atoms with Crippen molar-refractivity contribution < 1.29 is 42.9 Å². The molecule has 1 N–H and O–H groups in total. The summed E-state index contributed by atoms with van der Waals surface area (Å²) in [5.41, 5.74) is 3.30. The largest absolute Gasteiger partial charge is 0.467 e. The Morgan fingerprint density at radius 2 is 1.22 bits per heavy atom. The Morgan fingerprint density at radius 1 is 0.717 bits per heavy atom. The van der Waals surface area contributed by atoms with E-state index in [0.717, 1.165) is 22.3 Å². The van der Waals surface area contributed by atoms with Crippen LogP contribution in [0.4, 0.5) is 4.79 Å². The van der Waals surface area contributed by atoms with Gasteiger partial charge in [-0.3, -0.25) is 0 Å². The fraction of sp³-hybridized carbons (Fsp3) is 0.389. The van der Waals surface area contributed by atoms with Crippen molar-refractivity contribution >= 4 is 24.0 Å². The van der Waals surface area contributed by atoms with E-state index >= 15 is 0 Å². The highest BCUT2D eigenvalue weighted by atomic mass is 16.6. The van der Waals surface area contributed by atoms with Gasteiger partial charge >= 0.3 is 24.0 Å². The van der Waals surface area contributed by atoms with Crippen LogP contribution < -0.4 is 10.1 Å². The average molecular weight is 632 g/mol. The number of benzene rings is 3. The van der Waals surface area contributed by atoms with Gasteiger partial charge in [0.15, 0.2) is 0 Å². The Morgan fingerprint density at radius 3 is 1.70 bits per heavy atom. The highest BCUT2D eigenvalue weighted by Crippen LogP contribution is 2.44. The second kappa shape index (κ2) is 14.1. The second-order valence-corrected chi connectivity index (χ2v) is 13.0. The summed E-state index contributed by atoms with van der Waals surface area (Å²) in [4.78, 5) is 51.1. The Balaban J connectivity index is 1.41. The van der Waals surface area contributed by atoms with Crippen molar-refractivity contribution in [1.29, 1.82) is 0 Å². The zero-order valence-corrected chi connectivity index (χ0v) is 27.2. The SMILES string of the molecule is COC(=O)[C@H](Cc1ccc(OC(C(=O)OC(C)(C)C)C(=O)OC(C)(C)C)cc1)NC(=O)OCC1c2ccccc2-c2ccccc21. The minimum absolute atomic E-state index is 0.0821. The first kappa shape index (κ1) is 34.0. The van der Waals surface area contributed by atoms with Gasteiger partial charge in [0.05, 0.1) is 7.11 Å². The number of fused-ring (bicyclic) bond motifs is 3. The Labute approximate surface area is 269 Å². The van der Waals surface area contributed by atoms with Gasteiger partial charge in [0.2, 0.25) is 0 Å². The number of methoxy groups -OCH3 is 1. The average Bonchev–Trinajstić information content (AvgIpc) is 3.30. The molecule has 1 aliphatic carbocycles. The van der Waals surface area contributed by atoms with E-state index in [-0.39, 0.29) is 24.7 Å². The summed E-state index contributed by atoms with van der Waals surface area (Å²) in [5, 5.41) is 2.62. The molecule has 244 valence electrons. The molecule has 0 unspecified atom stereocenters. The third-order valence-electron chi connectivity index (χ3n) is 6.98. The van der Waals surface area contributed by atoms with Crippen LogP contribution in [0.2, 0.25) is 0 Å². The van der Waals surface area contributed by atoms with E-state index in [1.807, 2.05) is 48.5 Å². The standard InChI is InChI=1S/C36H41NO9/c1-35(2,3)45-32(39)30(33(40)46-36(4,5)6)44-23-18-16-22(17-19-23)20-29(31(38)42-7)37-34(41)43-21-28-26-14-10-8-12-24(26)25-13-9-11-15-27(25)28/h8-19,28-30H,20-21H2,1-7H3,(H,37,41)/t29-/m0/s1. The summed E-state index contributed by atoms with van der Waals surface area (Å²) in [6.45, 7) is 10.2. The number of alkyl carbamates (subject to hydrolysis) is 1. The van der Waals surface area contributed by atoms with Crippen molar-refractivity contribution in [3.63, 3.8) is 0 Å². The van der Waals surface area contributed by atoms with Crippen LogP contribution in [0, 0.1) is 0 Å². The number of ether oxygens (including phenoxy) is 5. The molecule has 0 fully saturated rings. The Hall–Kier alpha value is -4.86. The van der Waals surface area contributed by atoms with Gasteiger partial charge in [0.1, 0.15) is 29.6 Å². The maximum Gasteiger partial charge on any atom is 0.407 e. The smallest absolute Gasteiger partial charge is 0.407 e. The maximum absolute atomic E-state index is 12.9. The van der Waals surface area contributed by atoms with Gasteiger partial charge in [0, 0.05) is 12.3 Å². The normalized spacial score (nSPS) is 13.2. The van der Waals surface area contributed by atoms with E-state index in [1.54, 1.807) is 65.8 Å². The van der Waals surface area contributed by atoms with Crippen molar-refractivity contribution in [2.45, 2.75) is 77.2 Å². The van der Waals surface area contributed by atoms with Crippen LogP contribution in [0.5, 0.6) is 5.75 Å². The van der Waals surface area contributed by atoms with Crippen molar-refractivity contribution in [2.75, 3.05) is 13.7 Å². The molecule has 1 amide bonds. The zero-order valence-electron chi connectivity index (χ0n) is 27.2. The number of hydrogen-bond acceptors (Lipinski definition) is 9. The molecule has 1 aliphatic rings. The molecule has 10 heteroatoms. The monoisotopic (exact) mass is 631 g/mol. The molecule has 0 aromatic heterocycles. The molecule has 0 saturated heterocycles. The molecular formula is C36H41NO9. The third-order valence-corrected chi connectivity index (χ3v) is 6.98. The lowest BCUT2D eigenvalue weighted by atomic mass is 9.98. The molecule has 1 atom stereocenters. The molecule has 46 heavy (non-hydrogen) atoms. The van der Waals surface area contributed by atoms with Crippen LogP contribution in [0.15, 0.2) is 72.8 Å². The number of carbonyl (C=O) groups is 4. The highest BCUT2D eigenvalue weighted by Gasteiger charge is 2.37. The molecule has 4 rings (SSSR count). The highest BCUT2D eigenvalue weighted by molar-refractivity contribution is 5.98. The predicted molar refractivity (Wildman–Crippen MR) is 170 cm³/mol.